The normalized spacial score (nSPS) is 16.0. The number of ether oxygens (including phenoxy) is 3. The number of fused-ring (bicyclic) bond motifs is 1. The number of rotatable bonds is 23. The molecule has 73 heavy (non-hydrogen) atoms. The number of carboxylic acid groups (broad SMARTS) is 1. The molecule has 4 amide bonds. The summed E-state index contributed by atoms with van der Waals surface area (Å²) in [5.74, 6) is -0.585. The molecule has 0 unspecified atom stereocenters. The van der Waals surface area contributed by atoms with Gasteiger partial charge < -0.3 is 60.4 Å². The molecule has 1 aliphatic carbocycles. The second kappa shape index (κ2) is 26.8. The zero-order valence-electron chi connectivity index (χ0n) is 44.6. The maximum Gasteiger partial charge on any atom is 0.410 e. The molecule has 3 heterocycles. The number of aromatic nitrogens is 5. The molecule has 2 fully saturated rings. The maximum atomic E-state index is 13.4. The van der Waals surface area contributed by atoms with Gasteiger partial charge in [0.2, 0.25) is 11.9 Å². The van der Waals surface area contributed by atoms with Crippen LogP contribution in [0, 0.1) is 0 Å². The van der Waals surface area contributed by atoms with Gasteiger partial charge in [-0.15, -0.1) is 5.10 Å². The highest BCUT2D eigenvalue weighted by Crippen LogP contribution is 2.27. The summed E-state index contributed by atoms with van der Waals surface area (Å²) in [5.41, 5.74) is -0.608. The number of nitrogens with zero attached hydrogens (tertiary/aromatic N) is 8. The number of hydrogen-bond acceptors (Lipinski definition) is 16. The van der Waals surface area contributed by atoms with Crippen molar-refractivity contribution >= 4 is 52.8 Å². The summed E-state index contributed by atoms with van der Waals surface area (Å²) < 4.78 is 18.5. The van der Waals surface area contributed by atoms with E-state index in [-0.39, 0.29) is 37.6 Å². The van der Waals surface area contributed by atoms with Crippen LogP contribution in [0.25, 0.3) is 10.9 Å². The lowest BCUT2D eigenvalue weighted by Gasteiger charge is -2.36. The van der Waals surface area contributed by atoms with E-state index in [0.29, 0.717) is 82.7 Å². The first-order chi connectivity index (χ1) is 34.4. The van der Waals surface area contributed by atoms with Crippen molar-refractivity contribution < 1.29 is 48.4 Å². The third-order valence-corrected chi connectivity index (χ3v) is 12.1. The van der Waals surface area contributed by atoms with Crippen LogP contribution in [0.5, 0.6) is 0 Å². The molecule has 22 nitrogen and oxygen atoms in total. The van der Waals surface area contributed by atoms with E-state index in [1.165, 1.54) is 6.42 Å². The van der Waals surface area contributed by atoms with Gasteiger partial charge in [-0.2, -0.15) is 4.98 Å². The third kappa shape index (κ3) is 20.8. The van der Waals surface area contributed by atoms with Crippen LogP contribution in [-0.4, -0.2) is 167 Å². The average molecular weight is 1020 g/mol. The minimum absolute atomic E-state index is 0.00219. The smallest absolute Gasteiger partial charge is 0.410 e. The summed E-state index contributed by atoms with van der Waals surface area (Å²) in [7, 11) is 0. The van der Waals surface area contributed by atoms with Crippen LogP contribution in [0.1, 0.15) is 139 Å². The molecule has 1 saturated carbocycles. The minimum atomic E-state index is -1.30. The molecule has 0 radical (unpaired) electrons. The van der Waals surface area contributed by atoms with Gasteiger partial charge in [0.15, 0.2) is 0 Å². The molecule has 0 spiro atoms. The molecule has 1 aromatic carbocycles. The number of alkyl carbamates (subject to hydrolysis) is 1. The zero-order chi connectivity index (χ0) is 53.3. The number of β-amino-alcohol motifs (C(OH)–C–C–N with tert-alkyl or cyclic N) is 1. The first-order valence-corrected chi connectivity index (χ1v) is 25.9. The lowest BCUT2D eigenvalue weighted by molar-refractivity contribution is -0.139. The first-order valence-electron chi connectivity index (χ1n) is 25.9. The summed E-state index contributed by atoms with van der Waals surface area (Å²) in [5, 5.41) is 41.7. The Morgan fingerprint density at radius 3 is 2.15 bits per heavy atom. The molecule has 1 saturated heterocycles. The number of aliphatic hydroxyl groups is 1. The number of carboxylic acids is 1. The quantitative estimate of drug-likeness (QED) is 0.0551. The number of amides is 4. The number of carbonyl (C=O) groups excluding carboxylic acids is 4. The molecule has 2 aromatic heterocycles. The molecule has 6 N–H and O–H groups in total. The van der Waals surface area contributed by atoms with Gasteiger partial charge in [-0.3, -0.25) is 9.48 Å². The largest absolute Gasteiger partial charge is 0.480 e. The van der Waals surface area contributed by atoms with E-state index in [1.807, 2.05) is 76.9 Å². The Morgan fingerprint density at radius 1 is 0.822 bits per heavy atom. The van der Waals surface area contributed by atoms with Gasteiger partial charge in [-0.25, -0.2) is 24.2 Å². The number of carbonyl (C=O) groups is 5. The second-order valence-electron chi connectivity index (χ2n) is 22.1. The van der Waals surface area contributed by atoms with Crippen molar-refractivity contribution in [3.05, 3.63) is 36.2 Å². The summed E-state index contributed by atoms with van der Waals surface area (Å²) in [6, 6.07) is 6.73. The van der Waals surface area contributed by atoms with Gasteiger partial charge in [0.05, 0.1) is 24.4 Å². The lowest BCUT2D eigenvalue weighted by atomic mass is 9.94. The Labute approximate surface area is 430 Å². The van der Waals surface area contributed by atoms with Crippen molar-refractivity contribution in [3.8, 4) is 0 Å². The second-order valence-corrected chi connectivity index (χ2v) is 22.1. The fourth-order valence-electron chi connectivity index (χ4n) is 8.70. The van der Waals surface area contributed by atoms with Crippen LogP contribution in [0.4, 0.5) is 26.1 Å². The number of hydrogen-bond donors (Lipinski definition) is 6. The van der Waals surface area contributed by atoms with E-state index in [4.69, 9.17) is 24.2 Å². The number of para-hydroxylation sites is 1. The van der Waals surface area contributed by atoms with Gasteiger partial charge >= 0.3 is 24.2 Å². The molecular weight excluding hydrogens is 941 g/mol. The van der Waals surface area contributed by atoms with Crippen LogP contribution >= 0.6 is 0 Å². The predicted molar refractivity (Wildman–Crippen MR) is 276 cm³/mol. The Hall–Kier alpha value is -6.03. The van der Waals surface area contributed by atoms with E-state index in [2.05, 4.69) is 36.5 Å². The van der Waals surface area contributed by atoms with Crippen molar-refractivity contribution in [3.63, 3.8) is 0 Å². The van der Waals surface area contributed by atoms with Gasteiger partial charge in [0.1, 0.15) is 34.4 Å². The molecule has 406 valence electrons. The SMILES string of the molecule is CC(C)(C)OC(=O)N[C@@H](CCC(=O)NC[C@@H](O)CN1CCC(Nc2nc(NCc3cn(CCCN(CCCN(C(=O)OC(C)(C)C)C4CCCCC4)C(=O)OC(C)(C)C)nn3)nc3ccccc23)CC1)C(=O)O. The summed E-state index contributed by atoms with van der Waals surface area (Å²) in [6.45, 7) is 20.1. The van der Waals surface area contributed by atoms with E-state index >= 15 is 0 Å². The topological polar surface area (TPSA) is 268 Å². The third-order valence-electron chi connectivity index (χ3n) is 12.1. The lowest BCUT2D eigenvalue weighted by Crippen LogP contribution is -2.46. The number of benzene rings is 1. The van der Waals surface area contributed by atoms with Gasteiger partial charge in [0.25, 0.3) is 0 Å². The van der Waals surface area contributed by atoms with Crippen LogP contribution in [0.15, 0.2) is 30.5 Å². The van der Waals surface area contributed by atoms with E-state index in [9.17, 15) is 34.2 Å². The fourth-order valence-corrected chi connectivity index (χ4v) is 8.70. The molecule has 2 aliphatic rings. The van der Waals surface area contributed by atoms with Crippen LogP contribution < -0.4 is 21.3 Å². The van der Waals surface area contributed by atoms with Gasteiger partial charge in [-0.05, 0) is 119 Å². The molecular formula is C51H82N12O10. The number of nitrogens with one attached hydrogen (secondary N) is 4. The first kappa shape index (κ1) is 57.9. The highest BCUT2D eigenvalue weighted by molar-refractivity contribution is 5.90. The predicted octanol–water partition coefficient (Wildman–Crippen LogP) is 6.53. The molecule has 0 bridgehead atoms. The van der Waals surface area contributed by atoms with Crippen LogP contribution in [-0.2, 0) is 36.9 Å². The molecule has 22 heteroatoms. The molecule has 3 aromatic rings. The van der Waals surface area contributed by atoms with E-state index in [0.717, 1.165) is 49.4 Å². The molecule has 1 aliphatic heterocycles. The van der Waals surface area contributed by atoms with E-state index in [1.54, 1.807) is 30.4 Å². The standard InChI is InChI=1S/C51H82N12O10/c1-49(2,3)71-46(68)56-41(44(66)67)21-22-42(65)52-32-38(64)34-60-29-23-35(24-30-60)54-43-39-19-13-14-20-40(39)55-45(57-43)53-31-36-33-62(59-58-36)27-15-25-61(47(69)72-50(4,5)6)26-16-28-63(37-17-11-10-12-18-37)48(70)73-51(7,8)9/h13-14,19-20,33,35,37-38,41,64H,10-12,15-18,21-32,34H2,1-9H3,(H,52,65)(H,56,68)(H,66,67)(H2,53,54,55,57)/t38-,41+/m1/s1. The number of likely N-dealkylation sites (tertiary alicyclic amines) is 1. The fraction of sp³-hybridized carbons (Fsp3) is 0.706. The maximum absolute atomic E-state index is 13.4. The Kier molecular flexibility index (Phi) is 21.2. The highest BCUT2D eigenvalue weighted by Gasteiger charge is 2.31. The summed E-state index contributed by atoms with van der Waals surface area (Å²) >= 11 is 0. The Morgan fingerprint density at radius 2 is 1.48 bits per heavy atom. The number of anilines is 2. The zero-order valence-corrected chi connectivity index (χ0v) is 44.6. The van der Waals surface area contributed by atoms with Crippen molar-refractivity contribution in [1.29, 1.82) is 0 Å². The average Bonchev–Trinajstić information content (AvgIpc) is 3.76. The molecule has 2 atom stereocenters. The number of piperidine rings is 1. The number of aliphatic carboxylic acids is 1. The van der Waals surface area contributed by atoms with Crippen molar-refractivity contribution in [2.24, 2.45) is 0 Å². The molecule has 5 rings (SSSR count). The Balaban J connectivity index is 1.07. The van der Waals surface area contributed by atoms with Gasteiger partial charge in [0, 0.05) is 76.2 Å². The van der Waals surface area contributed by atoms with Crippen LogP contribution in [0.3, 0.4) is 0 Å². The van der Waals surface area contributed by atoms with Crippen molar-refractivity contribution in [1.82, 2.24) is 50.3 Å². The summed E-state index contributed by atoms with van der Waals surface area (Å²) in [4.78, 5) is 78.3. The minimum Gasteiger partial charge on any atom is -0.480 e. The number of aliphatic hydroxyl groups excluding tert-OH is 1. The summed E-state index contributed by atoms with van der Waals surface area (Å²) in [6.07, 6.45) is 7.14. The Bertz CT molecular complexity index is 2260. The van der Waals surface area contributed by atoms with Crippen molar-refractivity contribution in [2.45, 2.75) is 187 Å². The van der Waals surface area contributed by atoms with Crippen LogP contribution in [0.2, 0.25) is 0 Å². The van der Waals surface area contributed by atoms with E-state index < -0.39 is 53.0 Å². The highest BCUT2D eigenvalue weighted by atomic mass is 16.6. The van der Waals surface area contributed by atoms with Gasteiger partial charge in [-0.1, -0.05) is 36.6 Å². The number of aryl methyl sites for hydroxylation is 1. The monoisotopic (exact) mass is 1020 g/mol. The van der Waals surface area contributed by atoms with Crippen molar-refractivity contribution in [2.75, 3.05) is 56.4 Å².